The van der Waals surface area contributed by atoms with E-state index in [1.807, 2.05) is 0 Å². The third-order valence-electron chi connectivity index (χ3n) is 1.87. The Balaban J connectivity index is 2.17. The first-order valence-electron chi connectivity index (χ1n) is 3.77. The van der Waals surface area contributed by atoms with Crippen LogP contribution in [0.5, 0.6) is 0 Å². The molecule has 3 nitrogen and oxygen atoms in total. The predicted molar refractivity (Wildman–Crippen MR) is 39.7 cm³/mol. The first-order chi connectivity index (χ1) is 4.83. The highest BCUT2D eigenvalue weighted by atomic mass is 16.1. The van der Waals surface area contributed by atoms with Gasteiger partial charge in [0, 0.05) is 19.5 Å². The Bertz CT molecular complexity index is 119. The highest BCUT2D eigenvalue weighted by Crippen LogP contribution is 2.07. The summed E-state index contributed by atoms with van der Waals surface area (Å²) in [6.45, 7) is 1.07. The van der Waals surface area contributed by atoms with Crippen molar-refractivity contribution in [2.24, 2.45) is 0 Å². The molecule has 0 unspecified atom stereocenters. The van der Waals surface area contributed by atoms with E-state index in [1.165, 1.54) is 6.42 Å². The van der Waals surface area contributed by atoms with Crippen molar-refractivity contribution >= 4 is 5.91 Å². The summed E-state index contributed by atoms with van der Waals surface area (Å²) in [5, 5.41) is 5.87. The standard InChI is InChI=1S/C7H14N2O/c1-8-7(10)5-6-3-2-4-9-6/h6,9H,2-5H2,1H3,(H,8,10)/t6-/m0/s1. The van der Waals surface area contributed by atoms with Crippen LogP contribution in [-0.4, -0.2) is 25.5 Å². The molecule has 0 radical (unpaired) electrons. The maximum Gasteiger partial charge on any atom is 0.221 e. The van der Waals surface area contributed by atoms with Gasteiger partial charge in [0.05, 0.1) is 0 Å². The molecule has 1 atom stereocenters. The normalized spacial score (nSPS) is 24.7. The second-order valence-electron chi connectivity index (χ2n) is 2.67. The molecule has 1 saturated heterocycles. The summed E-state index contributed by atoms with van der Waals surface area (Å²) >= 11 is 0. The summed E-state index contributed by atoms with van der Waals surface area (Å²) < 4.78 is 0. The molecule has 1 amide bonds. The predicted octanol–water partition coefficient (Wildman–Crippen LogP) is -0.126. The zero-order valence-electron chi connectivity index (χ0n) is 6.31. The molecule has 0 aromatic carbocycles. The summed E-state index contributed by atoms with van der Waals surface area (Å²) in [4.78, 5) is 10.8. The molecular weight excluding hydrogens is 128 g/mol. The molecule has 0 aliphatic carbocycles. The maximum absolute atomic E-state index is 10.8. The van der Waals surface area contributed by atoms with Crippen LogP contribution in [0.15, 0.2) is 0 Å². The highest BCUT2D eigenvalue weighted by Gasteiger charge is 2.16. The van der Waals surface area contributed by atoms with Gasteiger partial charge in [-0.05, 0) is 19.4 Å². The third kappa shape index (κ3) is 1.99. The second-order valence-corrected chi connectivity index (χ2v) is 2.67. The smallest absolute Gasteiger partial charge is 0.221 e. The molecule has 0 aromatic heterocycles. The third-order valence-corrected chi connectivity index (χ3v) is 1.87. The fourth-order valence-electron chi connectivity index (χ4n) is 1.26. The van der Waals surface area contributed by atoms with Crippen molar-refractivity contribution in [2.75, 3.05) is 13.6 Å². The van der Waals surface area contributed by atoms with E-state index in [9.17, 15) is 4.79 Å². The molecule has 1 heterocycles. The Morgan fingerprint density at radius 2 is 2.60 bits per heavy atom. The lowest BCUT2D eigenvalue weighted by Gasteiger charge is -2.07. The maximum atomic E-state index is 10.8. The van der Waals surface area contributed by atoms with Crippen LogP contribution in [0.4, 0.5) is 0 Å². The van der Waals surface area contributed by atoms with Crippen molar-refractivity contribution in [3.05, 3.63) is 0 Å². The lowest BCUT2D eigenvalue weighted by Crippen LogP contribution is -2.29. The van der Waals surface area contributed by atoms with Gasteiger partial charge in [-0.1, -0.05) is 0 Å². The van der Waals surface area contributed by atoms with Gasteiger partial charge in [0.1, 0.15) is 0 Å². The number of carbonyl (C=O) groups excluding carboxylic acids is 1. The lowest BCUT2D eigenvalue weighted by atomic mass is 10.1. The Kier molecular flexibility index (Phi) is 2.68. The molecule has 2 N–H and O–H groups in total. The topological polar surface area (TPSA) is 41.1 Å². The van der Waals surface area contributed by atoms with E-state index in [1.54, 1.807) is 7.05 Å². The molecule has 0 spiro atoms. The number of carbonyl (C=O) groups is 1. The van der Waals surface area contributed by atoms with Crippen LogP contribution in [-0.2, 0) is 4.79 Å². The minimum absolute atomic E-state index is 0.138. The second kappa shape index (κ2) is 3.56. The SMILES string of the molecule is CNC(=O)C[C@@H]1CCCN1. The summed E-state index contributed by atoms with van der Waals surface area (Å²) in [7, 11) is 1.68. The number of hydrogen-bond donors (Lipinski definition) is 2. The molecule has 1 aliphatic heterocycles. The molecule has 3 heteroatoms. The molecular formula is C7H14N2O. The van der Waals surface area contributed by atoms with Crippen molar-refractivity contribution in [1.29, 1.82) is 0 Å². The van der Waals surface area contributed by atoms with Gasteiger partial charge in [0.15, 0.2) is 0 Å². The van der Waals surface area contributed by atoms with E-state index in [0.29, 0.717) is 12.5 Å². The lowest BCUT2D eigenvalue weighted by molar-refractivity contribution is -0.121. The molecule has 0 bridgehead atoms. The van der Waals surface area contributed by atoms with E-state index in [2.05, 4.69) is 10.6 Å². The zero-order chi connectivity index (χ0) is 7.40. The van der Waals surface area contributed by atoms with Crippen molar-refractivity contribution < 1.29 is 4.79 Å². The van der Waals surface area contributed by atoms with Crippen LogP contribution < -0.4 is 10.6 Å². The Hall–Kier alpha value is -0.570. The van der Waals surface area contributed by atoms with Gasteiger partial charge < -0.3 is 10.6 Å². The summed E-state index contributed by atoms with van der Waals surface area (Å²) in [6, 6.07) is 0.431. The first kappa shape index (κ1) is 7.54. The minimum atomic E-state index is 0.138. The average molecular weight is 142 g/mol. The Morgan fingerprint density at radius 1 is 1.80 bits per heavy atom. The van der Waals surface area contributed by atoms with Crippen LogP contribution in [0, 0.1) is 0 Å². The first-order valence-corrected chi connectivity index (χ1v) is 3.77. The van der Waals surface area contributed by atoms with Crippen LogP contribution in [0.2, 0.25) is 0 Å². The van der Waals surface area contributed by atoms with Crippen LogP contribution in [0.25, 0.3) is 0 Å². The van der Waals surface area contributed by atoms with Gasteiger partial charge in [-0.15, -0.1) is 0 Å². The molecule has 10 heavy (non-hydrogen) atoms. The Morgan fingerprint density at radius 3 is 3.10 bits per heavy atom. The molecule has 1 fully saturated rings. The van der Waals surface area contributed by atoms with Crippen molar-refractivity contribution in [1.82, 2.24) is 10.6 Å². The monoisotopic (exact) mass is 142 g/mol. The van der Waals surface area contributed by atoms with Gasteiger partial charge >= 0.3 is 0 Å². The average Bonchev–Trinajstić information content (AvgIpc) is 2.40. The summed E-state index contributed by atoms with van der Waals surface area (Å²) in [5.41, 5.74) is 0. The summed E-state index contributed by atoms with van der Waals surface area (Å²) in [6.07, 6.45) is 2.99. The van der Waals surface area contributed by atoms with Crippen LogP contribution >= 0.6 is 0 Å². The van der Waals surface area contributed by atoms with E-state index in [4.69, 9.17) is 0 Å². The fraction of sp³-hybridized carbons (Fsp3) is 0.857. The van der Waals surface area contributed by atoms with Gasteiger partial charge in [-0.2, -0.15) is 0 Å². The minimum Gasteiger partial charge on any atom is -0.359 e. The molecule has 0 aromatic rings. The van der Waals surface area contributed by atoms with Gasteiger partial charge in [0.25, 0.3) is 0 Å². The number of nitrogens with one attached hydrogen (secondary N) is 2. The van der Waals surface area contributed by atoms with Gasteiger partial charge in [-0.3, -0.25) is 4.79 Å². The van der Waals surface area contributed by atoms with Crippen molar-refractivity contribution in [2.45, 2.75) is 25.3 Å². The number of hydrogen-bond acceptors (Lipinski definition) is 2. The van der Waals surface area contributed by atoms with Crippen molar-refractivity contribution in [3.8, 4) is 0 Å². The largest absolute Gasteiger partial charge is 0.359 e. The number of amides is 1. The molecule has 58 valence electrons. The molecule has 0 saturated carbocycles. The fourth-order valence-corrected chi connectivity index (χ4v) is 1.26. The van der Waals surface area contributed by atoms with E-state index < -0.39 is 0 Å². The molecule has 1 rings (SSSR count). The number of rotatable bonds is 2. The van der Waals surface area contributed by atoms with Gasteiger partial charge in [-0.25, -0.2) is 0 Å². The van der Waals surface area contributed by atoms with Crippen LogP contribution in [0.3, 0.4) is 0 Å². The van der Waals surface area contributed by atoms with E-state index >= 15 is 0 Å². The van der Waals surface area contributed by atoms with Crippen LogP contribution in [0.1, 0.15) is 19.3 Å². The van der Waals surface area contributed by atoms with E-state index in [-0.39, 0.29) is 5.91 Å². The van der Waals surface area contributed by atoms with Crippen molar-refractivity contribution in [3.63, 3.8) is 0 Å². The van der Waals surface area contributed by atoms with E-state index in [0.717, 1.165) is 13.0 Å². The molecule has 1 aliphatic rings. The quantitative estimate of drug-likeness (QED) is 0.564. The highest BCUT2D eigenvalue weighted by molar-refractivity contribution is 5.76. The van der Waals surface area contributed by atoms with Gasteiger partial charge in [0.2, 0.25) is 5.91 Å². The Labute approximate surface area is 61.2 Å². The zero-order valence-corrected chi connectivity index (χ0v) is 6.31. The summed E-state index contributed by atoms with van der Waals surface area (Å²) in [5.74, 6) is 0.138.